The summed E-state index contributed by atoms with van der Waals surface area (Å²) in [6, 6.07) is 8.77. The van der Waals surface area contributed by atoms with Crippen molar-refractivity contribution in [1.82, 2.24) is 0 Å². The van der Waals surface area contributed by atoms with Gasteiger partial charge < -0.3 is 24.8 Å². The molecular weight excluding hydrogens is 589 g/mol. The van der Waals surface area contributed by atoms with E-state index in [0.29, 0.717) is 5.75 Å². The summed E-state index contributed by atoms with van der Waals surface area (Å²) in [5, 5.41) is 31.8. The third kappa shape index (κ3) is 8.51. The standard InChI is InChI=1S/C37H56O5S2/c1-21-29(38)31(40)28(42-21)20-41-32-26(35(8,9)10)18-23(19-27(32)36(11,12)13)44-37(14,15)43-22-16-24(33(2,3)4)30(39)25(17-22)34(5,6)7/h16-19,28-29,31,38-40H,1,20H2,2-15H3/t28?,29-,31+/m0/s1. The molecule has 0 aliphatic carbocycles. The highest BCUT2D eigenvalue weighted by Crippen LogP contribution is 2.51. The molecule has 2 aromatic rings. The van der Waals surface area contributed by atoms with Crippen molar-refractivity contribution in [3.63, 3.8) is 0 Å². The van der Waals surface area contributed by atoms with E-state index in [0.717, 1.165) is 37.8 Å². The van der Waals surface area contributed by atoms with E-state index in [4.69, 9.17) is 9.47 Å². The Labute approximate surface area is 275 Å². The van der Waals surface area contributed by atoms with Gasteiger partial charge >= 0.3 is 0 Å². The Kier molecular flexibility index (Phi) is 10.4. The molecule has 44 heavy (non-hydrogen) atoms. The number of ether oxygens (including phenoxy) is 2. The second kappa shape index (κ2) is 12.4. The first kappa shape index (κ1) is 36.7. The summed E-state index contributed by atoms with van der Waals surface area (Å²) in [5.74, 6) is 1.36. The van der Waals surface area contributed by atoms with Crippen LogP contribution in [0.3, 0.4) is 0 Å². The van der Waals surface area contributed by atoms with Gasteiger partial charge in [0.2, 0.25) is 0 Å². The molecule has 0 radical (unpaired) electrons. The van der Waals surface area contributed by atoms with Gasteiger partial charge in [-0.1, -0.05) is 89.7 Å². The molecule has 3 N–H and O–H groups in total. The molecule has 2 aromatic carbocycles. The van der Waals surface area contributed by atoms with Gasteiger partial charge in [-0.25, -0.2) is 0 Å². The molecule has 0 spiro atoms. The summed E-state index contributed by atoms with van der Waals surface area (Å²) in [6.45, 7) is 34.3. The summed E-state index contributed by atoms with van der Waals surface area (Å²) >= 11 is 3.63. The third-order valence-corrected chi connectivity index (χ3v) is 10.3. The third-order valence-electron chi connectivity index (χ3n) is 7.83. The number of aliphatic hydroxyl groups is 2. The van der Waals surface area contributed by atoms with Gasteiger partial charge in [0.25, 0.3) is 0 Å². The molecule has 1 saturated heterocycles. The lowest BCUT2D eigenvalue weighted by atomic mass is 9.79. The zero-order chi connectivity index (χ0) is 33.8. The van der Waals surface area contributed by atoms with Crippen molar-refractivity contribution < 1.29 is 24.8 Å². The van der Waals surface area contributed by atoms with Crippen LogP contribution in [0.2, 0.25) is 0 Å². The summed E-state index contributed by atoms with van der Waals surface area (Å²) in [7, 11) is 0. The lowest BCUT2D eigenvalue weighted by Crippen LogP contribution is -2.34. The summed E-state index contributed by atoms with van der Waals surface area (Å²) in [6.07, 6.45) is -2.88. The molecule has 1 unspecified atom stereocenters. The van der Waals surface area contributed by atoms with Crippen LogP contribution in [0.5, 0.6) is 11.5 Å². The van der Waals surface area contributed by atoms with Crippen molar-refractivity contribution in [2.75, 3.05) is 6.61 Å². The fourth-order valence-electron chi connectivity index (χ4n) is 5.36. The molecule has 0 amide bonds. The highest BCUT2D eigenvalue weighted by molar-refractivity contribution is 8.18. The van der Waals surface area contributed by atoms with Crippen LogP contribution in [0, 0.1) is 0 Å². The van der Waals surface area contributed by atoms with Crippen LogP contribution in [0.15, 0.2) is 46.4 Å². The molecule has 7 heteroatoms. The van der Waals surface area contributed by atoms with E-state index < -0.39 is 18.3 Å². The number of hydrogen-bond acceptors (Lipinski definition) is 7. The Bertz CT molecular complexity index is 1300. The van der Waals surface area contributed by atoms with E-state index in [1.807, 2.05) is 23.5 Å². The van der Waals surface area contributed by atoms with Gasteiger partial charge in [0, 0.05) is 32.0 Å². The second-order valence-corrected chi connectivity index (χ2v) is 20.3. The van der Waals surface area contributed by atoms with Crippen LogP contribution in [0.25, 0.3) is 0 Å². The maximum Gasteiger partial charge on any atom is 0.161 e. The number of thioether (sulfide) groups is 2. The number of aromatic hydroxyl groups is 1. The van der Waals surface area contributed by atoms with Crippen molar-refractivity contribution in [2.45, 2.75) is 151 Å². The van der Waals surface area contributed by atoms with Crippen LogP contribution < -0.4 is 4.74 Å². The summed E-state index contributed by atoms with van der Waals surface area (Å²) < 4.78 is 11.9. The first-order valence-corrected chi connectivity index (χ1v) is 17.1. The molecule has 5 nitrogen and oxygen atoms in total. The van der Waals surface area contributed by atoms with E-state index in [9.17, 15) is 15.3 Å². The molecule has 1 aliphatic rings. The van der Waals surface area contributed by atoms with Crippen molar-refractivity contribution >= 4 is 23.5 Å². The molecular formula is C37H56O5S2. The fraction of sp³-hybridized carbons (Fsp3) is 0.622. The molecule has 0 aromatic heterocycles. The highest BCUT2D eigenvalue weighted by atomic mass is 32.2. The number of phenols is 1. The summed E-state index contributed by atoms with van der Waals surface area (Å²) in [4.78, 5) is 2.29. The van der Waals surface area contributed by atoms with Crippen molar-refractivity contribution in [1.29, 1.82) is 0 Å². The predicted octanol–water partition coefficient (Wildman–Crippen LogP) is 9.22. The van der Waals surface area contributed by atoms with E-state index >= 15 is 0 Å². The van der Waals surface area contributed by atoms with Gasteiger partial charge in [-0.2, -0.15) is 0 Å². The van der Waals surface area contributed by atoms with Crippen LogP contribution in [-0.4, -0.2) is 44.3 Å². The van der Waals surface area contributed by atoms with Gasteiger partial charge in [-0.05, 0) is 59.8 Å². The van der Waals surface area contributed by atoms with Gasteiger partial charge in [-0.3, -0.25) is 0 Å². The second-order valence-electron chi connectivity index (χ2n) is 16.7. The van der Waals surface area contributed by atoms with Gasteiger partial charge in [0.05, 0.1) is 4.08 Å². The Morgan fingerprint density at radius 2 is 1.05 bits per heavy atom. The van der Waals surface area contributed by atoms with Crippen LogP contribution in [0.4, 0.5) is 0 Å². The number of benzene rings is 2. The Hall–Kier alpha value is -1.80. The normalized spacial score (nSPS) is 20.2. The topological polar surface area (TPSA) is 79.2 Å². The SMILES string of the molecule is C=C1OC(COc2c(C(C)(C)C)cc(SC(C)(C)Sc3cc(C(C)(C)C)c(O)c(C(C)(C)C)c3)cc2C(C)(C)C)[C@@H](O)[C@H]1O. The maximum absolute atomic E-state index is 11.2. The smallest absolute Gasteiger partial charge is 0.161 e. The summed E-state index contributed by atoms with van der Waals surface area (Å²) in [5.41, 5.74) is 3.26. The highest BCUT2D eigenvalue weighted by Gasteiger charge is 2.40. The molecule has 1 aliphatic heterocycles. The van der Waals surface area contributed by atoms with Gasteiger partial charge in [0.15, 0.2) is 6.10 Å². The number of hydrogen-bond donors (Lipinski definition) is 3. The molecule has 1 fully saturated rings. The van der Waals surface area contributed by atoms with Crippen LogP contribution in [-0.2, 0) is 26.4 Å². The number of rotatable bonds is 7. The van der Waals surface area contributed by atoms with Crippen molar-refractivity contribution in [2.24, 2.45) is 0 Å². The zero-order valence-corrected chi connectivity index (χ0v) is 31.1. The molecule has 3 atom stereocenters. The molecule has 3 rings (SSSR count). The van der Waals surface area contributed by atoms with E-state index in [1.165, 1.54) is 0 Å². The lowest BCUT2D eigenvalue weighted by Gasteiger charge is -2.33. The lowest BCUT2D eigenvalue weighted by molar-refractivity contribution is 0.00186. The number of phenolic OH excluding ortho intramolecular Hbond substituents is 1. The van der Waals surface area contributed by atoms with Crippen LogP contribution in [0.1, 0.15) is 119 Å². The minimum Gasteiger partial charge on any atom is -0.507 e. The van der Waals surface area contributed by atoms with Gasteiger partial charge in [0.1, 0.15) is 36.1 Å². The van der Waals surface area contributed by atoms with Crippen molar-refractivity contribution in [3.8, 4) is 11.5 Å². The van der Waals surface area contributed by atoms with Gasteiger partial charge in [-0.15, -0.1) is 23.5 Å². The fourth-order valence-corrected chi connectivity index (χ4v) is 7.94. The number of aliphatic hydroxyl groups excluding tert-OH is 2. The van der Waals surface area contributed by atoms with Crippen molar-refractivity contribution in [3.05, 3.63) is 58.9 Å². The largest absolute Gasteiger partial charge is 0.507 e. The molecule has 0 bridgehead atoms. The molecule has 1 heterocycles. The Balaban J connectivity index is 2.04. The Morgan fingerprint density at radius 1 is 0.682 bits per heavy atom. The van der Waals surface area contributed by atoms with E-state index in [1.54, 1.807) is 0 Å². The predicted molar refractivity (Wildman–Crippen MR) is 187 cm³/mol. The minimum absolute atomic E-state index is 0.102. The molecule has 246 valence electrons. The van der Waals surface area contributed by atoms with Crippen LogP contribution >= 0.6 is 23.5 Å². The average Bonchev–Trinajstić information content (AvgIpc) is 3.07. The monoisotopic (exact) mass is 644 g/mol. The average molecular weight is 645 g/mol. The van der Waals surface area contributed by atoms with E-state index in [2.05, 4.69) is 128 Å². The van der Waals surface area contributed by atoms with E-state index in [-0.39, 0.29) is 38.1 Å². The minimum atomic E-state index is -1.11. The quantitative estimate of drug-likeness (QED) is 0.205. The zero-order valence-electron chi connectivity index (χ0n) is 29.4. The first-order valence-electron chi connectivity index (χ1n) is 15.5. The maximum atomic E-state index is 11.2. The first-order chi connectivity index (χ1) is 19.7. The molecule has 0 saturated carbocycles. The Morgan fingerprint density at radius 3 is 1.36 bits per heavy atom.